The molecule has 0 saturated carbocycles. The zero-order chi connectivity index (χ0) is 12.5. The molecule has 1 aliphatic carbocycles. The van der Waals surface area contributed by atoms with Gasteiger partial charge in [-0.25, -0.2) is 0 Å². The molecule has 0 atom stereocenters. The molecule has 4 heteroatoms. The second-order valence-electron chi connectivity index (χ2n) is 4.58. The SMILES string of the molecule is COc1ccccc1-n1[nH]c(=O)c2c1CCCC2. The van der Waals surface area contributed by atoms with Crippen molar-refractivity contribution < 1.29 is 4.74 Å². The molecule has 0 unspecified atom stereocenters. The van der Waals surface area contributed by atoms with E-state index in [1.165, 1.54) is 0 Å². The van der Waals surface area contributed by atoms with Crippen molar-refractivity contribution in [1.29, 1.82) is 0 Å². The minimum absolute atomic E-state index is 0.0376. The number of para-hydroxylation sites is 2. The molecule has 1 N–H and O–H groups in total. The predicted molar refractivity (Wildman–Crippen MR) is 69.6 cm³/mol. The first-order valence-corrected chi connectivity index (χ1v) is 6.27. The van der Waals surface area contributed by atoms with Gasteiger partial charge in [0.1, 0.15) is 11.4 Å². The second-order valence-corrected chi connectivity index (χ2v) is 4.58. The third-order valence-corrected chi connectivity index (χ3v) is 3.52. The Morgan fingerprint density at radius 3 is 2.83 bits per heavy atom. The van der Waals surface area contributed by atoms with E-state index in [1.54, 1.807) is 7.11 Å². The fourth-order valence-electron chi connectivity index (χ4n) is 2.64. The number of aromatic amines is 1. The van der Waals surface area contributed by atoms with Gasteiger partial charge in [0.05, 0.1) is 7.11 Å². The molecule has 0 amide bonds. The Bertz CT molecular complexity index is 625. The molecule has 2 aromatic rings. The number of H-pyrrole nitrogens is 1. The molecule has 1 aromatic carbocycles. The van der Waals surface area contributed by atoms with Gasteiger partial charge < -0.3 is 4.74 Å². The fourth-order valence-corrected chi connectivity index (χ4v) is 2.64. The van der Waals surface area contributed by atoms with Crippen LogP contribution in [-0.4, -0.2) is 16.9 Å². The number of benzene rings is 1. The molecule has 0 radical (unpaired) electrons. The van der Waals surface area contributed by atoms with Gasteiger partial charge in [-0.05, 0) is 37.8 Å². The molecular formula is C14H16N2O2. The quantitative estimate of drug-likeness (QED) is 0.879. The molecule has 18 heavy (non-hydrogen) atoms. The second kappa shape index (κ2) is 4.37. The Morgan fingerprint density at radius 1 is 1.22 bits per heavy atom. The number of rotatable bonds is 2. The third-order valence-electron chi connectivity index (χ3n) is 3.52. The summed E-state index contributed by atoms with van der Waals surface area (Å²) in [5.74, 6) is 0.775. The van der Waals surface area contributed by atoms with Crippen molar-refractivity contribution in [3.05, 3.63) is 45.9 Å². The molecule has 94 valence electrons. The van der Waals surface area contributed by atoms with Crippen LogP contribution in [0, 0.1) is 0 Å². The number of methoxy groups -OCH3 is 1. The molecule has 0 fully saturated rings. The van der Waals surface area contributed by atoms with E-state index in [0.717, 1.165) is 48.4 Å². The monoisotopic (exact) mass is 244 g/mol. The Hall–Kier alpha value is -1.97. The van der Waals surface area contributed by atoms with Crippen LogP contribution in [0.4, 0.5) is 0 Å². The standard InChI is InChI=1S/C14H16N2O2/c1-18-13-9-5-4-8-12(13)16-11-7-3-2-6-10(11)14(17)15-16/h4-5,8-9H,2-3,6-7H2,1H3,(H,15,17). The molecular weight excluding hydrogens is 228 g/mol. The molecule has 0 aliphatic heterocycles. The highest BCUT2D eigenvalue weighted by molar-refractivity contribution is 5.47. The highest BCUT2D eigenvalue weighted by Gasteiger charge is 2.20. The van der Waals surface area contributed by atoms with Crippen LogP contribution < -0.4 is 10.3 Å². The minimum Gasteiger partial charge on any atom is -0.494 e. The van der Waals surface area contributed by atoms with Crippen LogP contribution in [0.1, 0.15) is 24.1 Å². The number of fused-ring (bicyclic) bond motifs is 1. The molecule has 0 saturated heterocycles. The van der Waals surface area contributed by atoms with Crippen LogP contribution in [0.2, 0.25) is 0 Å². The van der Waals surface area contributed by atoms with Gasteiger partial charge in [0.15, 0.2) is 0 Å². The van der Waals surface area contributed by atoms with Crippen LogP contribution in [-0.2, 0) is 12.8 Å². The van der Waals surface area contributed by atoms with E-state index in [4.69, 9.17) is 4.74 Å². The molecule has 4 nitrogen and oxygen atoms in total. The summed E-state index contributed by atoms with van der Waals surface area (Å²) in [6.45, 7) is 0. The molecule has 0 bridgehead atoms. The number of nitrogens with zero attached hydrogens (tertiary/aromatic N) is 1. The normalized spacial score (nSPS) is 14.3. The van der Waals surface area contributed by atoms with Crippen LogP contribution in [0.5, 0.6) is 5.75 Å². The van der Waals surface area contributed by atoms with E-state index in [0.29, 0.717) is 0 Å². The highest BCUT2D eigenvalue weighted by atomic mass is 16.5. The molecule has 1 heterocycles. The lowest BCUT2D eigenvalue weighted by molar-refractivity contribution is 0.411. The highest BCUT2D eigenvalue weighted by Crippen LogP contribution is 2.26. The van der Waals surface area contributed by atoms with Crippen molar-refractivity contribution in [1.82, 2.24) is 9.78 Å². The molecule has 3 rings (SSSR count). The van der Waals surface area contributed by atoms with Crippen molar-refractivity contribution in [2.24, 2.45) is 0 Å². The van der Waals surface area contributed by atoms with Gasteiger partial charge in [0, 0.05) is 11.3 Å². The minimum atomic E-state index is 0.0376. The van der Waals surface area contributed by atoms with E-state index >= 15 is 0 Å². The number of aromatic nitrogens is 2. The van der Waals surface area contributed by atoms with E-state index in [1.807, 2.05) is 28.9 Å². The molecule has 1 aromatic heterocycles. The number of ether oxygens (including phenoxy) is 1. The maximum atomic E-state index is 11.9. The Balaban J connectivity index is 2.20. The Morgan fingerprint density at radius 2 is 2.00 bits per heavy atom. The summed E-state index contributed by atoms with van der Waals surface area (Å²) >= 11 is 0. The summed E-state index contributed by atoms with van der Waals surface area (Å²) in [7, 11) is 1.65. The average molecular weight is 244 g/mol. The van der Waals surface area contributed by atoms with Crippen LogP contribution in [0.25, 0.3) is 5.69 Å². The summed E-state index contributed by atoms with van der Waals surface area (Å²) in [6, 6.07) is 7.74. The number of nitrogens with one attached hydrogen (secondary N) is 1. The van der Waals surface area contributed by atoms with Gasteiger partial charge in [-0.2, -0.15) is 0 Å². The topological polar surface area (TPSA) is 47.0 Å². The van der Waals surface area contributed by atoms with Crippen LogP contribution >= 0.6 is 0 Å². The molecule has 1 aliphatic rings. The smallest absolute Gasteiger partial charge is 0.267 e. The largest absolute Gasteiger partial charge is 0.494 e. The number of hydrogen-bond donors (Lipinski definition) is 1. The van der Waals surface area contributed by atoms with Crippen molar-refractivity contribution in [3.63, 3.8) is 0 Å². The first kappa shape index (κ1) is 11.1. The van der Waals surface area contributed by atoms with Gasteiger partial charge >= 0.3 is 0 Å². The first-order chi connectivity index (χ1) is 8.81. The lowest BCUT2D eigenvalue weighted by Gasteiger charge is -2.15. The summed E-state index contributed by atoms with van der Waals surface area (Å²) < 4.78 is 7.24. The van der Waals surface area contributed by atoms with E-state index in [9.17, 15) is 4.79 Å². The third kappa shape index (κ3) is 1.65. The van der Waals surface area contributed by atoms with Gasteiger partial charge in [-0.15, -0.1) is 0 Å². The van der Waals surface area contributed by atoms with Crippen LogP contribution in [0.15, 0.2) is 29.1 Å². The van der Waals surface area contributed by atoms with Crippen molar-refractivity contribution >= 4 is 0 Å². The average Bonchev–Trinajstić information content (AvgIpc) is 2.77. The zero-order valence-corrected chi connectivity index (χ0v) is 10.4. The zero-order valence-electron chi connectivity index (χ0n) is 10.4. The first-order valence-electron chi connectivity index (χ1n) is 6.27. The predicted octanol–water partition coefficient (Wildman–Crippen LogP) is 2.05. The maximum Gasteiger partial charge on any atom is 0.267 e. The van der Waals surface area contributed by atoms with E-state index in [-0.39, 0.29) is 5.56 Å². The van der Waals surface area contributed by atoms with Gasteiger partial charge in [-0.3, -0.25) is 14.6 Å². The summed E-state index contributed by atoms with van der Waals surface area (Å²) in [6.07, 6.45) is 4.07. The van der Waals surface area contributed by atoms with Crippen LogP contribution in [0.3, 0.4) is 0 Å². The number of hydrogen-bond acceptors (Lipinski definition) is 2. The summed E-state index contributed by atoms with van der Waals surface area (Å²) in [4.78, 5) is 11.9. The van der Waals surface area contributed by atoms with Gasteiger partial charge in [0.2, 0.25) is 0 Å². The van der Waals surface area contributed by atoms with Crippen molar-refractivity contribution in [2.75, 3.05) is 7.11 Å². The van der Waals surface area contributed by atoms with E-state index in [2.05, 4.69) is 5.10 Å². The molecule has 0 spiro atoms. The summed E-state index contributed by atoms with van der Waals surface area (Å²) in [5.41, 5.74) is 2.98. The van der Waals surface area contributed by atoms with Gasteiger partial charge in [0.25, 0.3) is 5.56 Å². The van der Waals surface area contributed by atoms with Crippen molar-refractivity contribution in [3.8, 4) is 11.4 Å². The summed E-state index contributed by atoms with van der Waals surface area (Å²) in [5, 5.41) is 2.93. The van der Waals surface area contributed by atoms with Gasteiger partial charge in [-0.1, -0.05) is 12.1 Å². The fraction of sp³-hybridized carbons (Fsp3) is 0.357. The Labute approximate surface area is 105 Å². The maximum absolute atomic E-state index is 11.9. The lowest BCUT2D eigenvalue weighted by atomic mass is 9.98. The van der Waals surface area contributed by atoms with E-state index < -0.39 is 0 Å². The van der Waals surface area contributed by atoms with Crippen molar-refractivity contribution in [2.45, 2.75) is 25.7 Å². The lowest BCUT2D eigenvalue weighted by Crippen LogP contribution is -2.10. The Kier molecular flexibility index (Phi) is 2.70.